The Morgan fingerprint density at radius 2 is 2.40 bits per heavy atom. The first-order valence-electron chi connectivity index (χ1n) is 3.83. The quantitative estimate of drug-likeness (QED) is 0.407. The van der Waals surface area contributed by atoms with Gasteiger partial charge in [0.1, 0.15) is 0 Å². The van der Waals surface area contributed by atoms with Crippen LogP contribution in [0.1, 0.15) is 13.3 Å². The molecule has 0 unspecified atom stereocenters. The Balaban J connectivity index is 2.00. The van der Waals surface area contributed by atoms with E-state index in [1.807, 2.05) is 11.0 Å². The normalized spacial score (nSPS) is 34.9. The van der Waals surface area contributed by atoms with Crippen molar-refractivity contribution in [2.45, 2.75) is 19.4 Å². The first-order chi connectivity index (χ1) is 4.84. The lowest BCUT2D eigenvalue weighted by molar-refractivity contribution is -0.151. The maximum absolute atomic E-state index is 11.1. The van der Waals surface area contributed by atoms with Crippen LogP contribution in [-0.2, 0) is 4.79 Å². The molecule has 0 aromatic carbocycles. The number of β-lactam (4-membered cyclic amide) rings is 1. The van der Waals surface area contributed by atoms with Crippen LogP contribution in [0.15, 0.2) is 12.2 Å². The van der Waals surface area contributed by atoms with Crippen molar-refractivity contribution < 1.29 is 4.79 Å². The molecular formula is C8H11NO. The van der Waals surface area contributed by atoms with Crippen LogP contribution >= 0.6 is 0 Å². The molecule has 0 aromatic rings. The zero-order valence-corrected chi connectivity index (χ0v) is 6.08. The summed E-state index contributed by atoms with van der Waals surface area (Å²) in [6.45, 7) is 3.04. The highest BCUT2D eigenvalue weighted by Crippen LogP contribution is 2.35. The largest absolute Gasteiger partial charge is 0.335 e. The monoisotopic (exact) mass is 137 g/mol. The summed E-state index contributed by atoms with van der Waals surface area (Å²) < 4.78 is 0. The molecule has 0 bridgehead atoms. The Bertz CT molecular complexity index is 197. The predicted octanol–water partition coefficient (Wildman–Crippen LogP) is 0.793. The van der Waals surface area contributed by atoms with Crippen molar-refractivity contribution in [1.29, 1.82) is 0 Å². The van der Waals surface area contributed by atoms with Crippen LogP contribution in [0.25, 0.3) is 0 Å². The lowest BCUT2D eigenvalue weighted by Gasteiger charge is -2.49. The number of rotatable bonds is 2. The van der Waals surface area contributed by atoms with E-state index in [0.717, 1.165) is 13.0 Å². The van der Waals surface area contributed by atoms with E-state index in [1.54, 1.807) is 0 Å². The fourth-order valence-corrected chi connectivity index (χ4v) is 1.60. The third kappa shape index (κ3) is 0.516. The maximum Gasteiger partial charge on any atom is 0.232 e. The number of nitrogens with zero attached hydrogens (tertiary/aromatic N) is 1. The van der Waals surface area contributed by atoms with E-state index in [4.69, 9.17) is 0 Å². The molecule has 1 heterocycles. The number of likely N-dealkylation sites (tertiary alicyclic amines) is 1. The van der Waals surface area contributed by atoms with Gasteiger partial charge in [0.15, 0.2) is 0 Å². The molecule has 0 aromatic heterocycles. The fraction of sp³-hybridized carbons (Fsp3) is 0.625. The summed E-state index contributed by atoms with van der Waals surface area (Å²) in [5.41, 5.74) is 0. The van der Waals surface area contributed by atoms with Crippen LogP contribution in [0.4, 0.5) is 0 Å². The second kappa shape index (κ2) is 1.84. The third-order valence-corrected chi connectivity index (χ3v) is 2.28. The summed E-state index contributed by atoms with van der Waals surface area (Å²) in [5, 5.41) is 0. The molecule has 1 fully saturated rings. The second-order valence-electron chi connectivity index (χ2n) is 2.93. The minimum atomic E-state index is 0.270. The molecule has 2 atom stereocenters. The highest BCUT2D eigenvalue weighted by Gasteiger charge is 2.48. The molecule has 1 aliphatic carbocycles. The van der Waals surface area contributed by atoms with Gasteiger partial charge in [-0.3, -0.25) is 4.79 Å². The van der Waals surface area contributed by atoms with Crippen LogP contribution < -0.4 is 0 Å². The first kappa shape index (κ1) is 5.96. The minimum absolute atomic E-state index is 0.270. The van der Waals surface area contributed by atoms with Gasteiger partial charge in [-0.25, -0.2) is 0 Å². The highest BCUT2D eigenvalue weighted by molar-refractivity contribution is 5.90. The van der Waals surface area contributed by atoms with Gasteiger partial charge in [-0.2, -0.15) is 0 Å². The van der Waals surface area contributed by atoms with Crippen molar-refractivity contribution in [2.75, 3.05) is 6.54 Å². The van der Waals surface area contributed by atoms with Crippen LogP contribution in [0.2, 0.25) is 0 Å². The molecule has 2 heteroatoms. The molecule has 0 spiro atoms. The van der Waals surface area contributed by atoms with Gasteiger partial charge in [-0.15, -0.1) is 0 Å². The standard InChI is InChI=1S/C8H11NO/c1-2-5-9-7-4-3-6(7)8(9)10/h3-4,6-7H,2,5H2,1H3/t6-,7-/m0/s1. The molecule has 1 aliphatic heterocycles. The van der Waals surface area contributed by atoms with E-state index >= 15 is 0 Å². The van der Waals surface area contributed by atoms with Gasteiger partial charge < -0.3 is 4.90 Å². The Kier molecular flexibility index (Phi) is 1.10. The van der Waals surface area contributed by atoms with Crippen molar-refractivity contribution in [3.05, 3.63) is 12.2 Å². The van der Waals surface area contributed by atoms with Crippen LogP contribution in [0.3, 0.4) is 0 Å². The number of hydrogen-bond acceptors (Lipinski definition) is 1. The number of hydrogen-bond donors (Lipinski definition) is 0. The number of amides is 1. The fourth-order valence-electron chi connectivity index (χ4n) is 1.60. The molecule has 0 saturated carbocycles. The van der Waals surface area contributed by atoms with Crippen molar-refractivity contribution in [3.8, 4) is 0 Å². The average molecular weight is 137 g/mol. The average Bonchev–Trinajstić information content (AvgIpc) is 1.85. The van der Waals surface area contributed by atoms with E-state index in [2.05, 4.69) is 13.0 Å². The van der Waals surface area contributed by atoms with E-state index in [9.17, 15) is 4.79 Å². The molecule has 1 amide bonds. The Morgan fingerprint density at radius 3 is 2.80 bits per heavy atom. The zero-order valence-electron chi connectivity index (χ0n) is 6.08. The Hall–Kier alpha value is -0.790. The van der Waals surface area contributed by atoms with Gasteiger partial charge in [0, 0.05) is 6.54 Å². The second-order valence-corrected chi connectivity index (χ2v) is 2.93. The summed E-state index contributed by atoms with van der Waals surface area (Å²) in [7, 11) is 0. The Morgan fingerprint density at radius 1 is 1.60 bits per heavy atom. The first-order valence-corrected chi connectivity index (χ1v) is 3.83. The molecule has 0 radical (unpaired) electrons. The highest BCUT2D eigenvalue weighted by atomic mass is 16.2. The summed E-state index contributed by atoms with van der Waals surface area (Å²) >= 11 is 0. The minimum Gasteiger partial charge on any atom is -0.335 e. The Labute approximate surface area is 60.5 Å². The van der Waals surface area contributed by atoms with Crippen LogP contribution in [0.5, 0.6) is 0 Å². The molecule has 0 N–H and O–H groups in total. The van der Waals surface area contributed by atoms with Crippen molar-refractivity contribution in [1.82, 2.24) is 4.90 Å². The molecular weight excluding hydrogens is 126 g/mol. The van der Waals surface area contributed by atoms with Gasteiger partial charge in [0.2, 0.25) is 5.91 Å². The molecule has 2 aliphatic rings. The van der Waals surface area contributed by atoms with Gasteiger partial charge in [-0.1, -0.05) is 19.1 Å². The zero-order chi connectivity index (χ0) is 7.14. The molecule has 1 saturated heterocycles. The SMILES string of the molecule is CCCN1C(=O)[C@H]2C=C[C@@H]21. The van der Waals surface area contributed by atoms with Gasteiger partial charge in [0.25, 0.3) is 0 Å². The number of fused-ring (bicyclic) bond motifs is 1. The van der Waals surface area contributed by atoms with Gasteiger partial charge >= 0.3 is 0 Å². The van der Waals surface area contributed by atoms with Crippen LogP contribution in [-0.4, -0.2) is 23.4 Å². The van der Waals surface area contributed by atoms with Gasteiger partial charge in [0.05, 0.1) is 12.0 Å². The van der Waals surface area contributed by atoms with Gasteiger partial charge in [-0.05, 0) is 6.42 Å². The van der Waals surface area contributed by atoms with Crippen molar-refractivity contribution in [3.63, 3.8) is 0 Å². The van der Waals surface area contributed by atoms with E-state index in [1.165, 1.54) is 0 Å². The number of carbonyl (C=O) groups is 1. The summed E-state index contributed by atoms with van der Waals surface area (Å²) in [6.07, 6.45) is 5.18. The molecule has 10 heavy (non-hydrogen) atoms. The topological polar surface area (TPSA) is 20.3 Å². The summed E-state index contributed by atoms with van der Waals surface area (Å²) in [5.74, 6) is 0.598. The smallest absolute Gasteiger partial charge is 0.232 e. The van der Waals surface area contributed by atoms with E-state index < -0.39 is 0 Å². The molecule has 2 rings (SSSR count). The third-order valence-electron chi connectivity index (χ3n) is 2.28. The van der Waals surface area contributed by atoms with E-state index in [0.29, 0.717) is 11.9 Å². The summed E-state index contributed by atoms with van der Waals surface area (Å²) in [4.78, 5) is 13.0. The summed E-state index contributed by atoms with van der Waals surface area (Å²) in [6, 6.07) is 0.479. The van der Waals surface area contributed by atoms with E-state index in [-0.39, 0.29) is 5.92 Å². The molecule has 2 nitrogen and oxygen atoms in total. The lowest BCUT2D eigenvalue weighted by Crippen LogP contribution is -2.62. The van der Waals surface area contributed by atoms with Crippen molar-refractivity contribution >= 4 is 5.91 Å². The predicted molar refractivity (Wildman–Crippen MR) is 38.4 cm³/mol. The van der Waals surface area contributed by atoms with Crippen LogP contribution in [0, 0.1) is 5.92 Å². The molecule has 54 valence electrons. The van der Waals surface area contributed by atoms with Crippen molar-refractivity contribution in [2.24, 2.45) is 5.92 Å². The number of carbonyl (C=O) groups excluding carboxylic acids is 1. The lowest BCUT2D eigenvalue weighted by atomic mass is 9.78. The maximum atomic E-state index is 11.1.